The Morgan fingerprint density at radius 3 is 2.77 bits per heavy atom. The zero-order valence-electron chi connectivity index (χ0n) is 17.2. The van der Waals surface area contributed by atoms with E-state index in [0.717, 1.165) is 44.4 Å². The van der Waals surface area contributed by atoms with Gasteiger partial charge in [-0.05, 0) is 31.1 Å². The van der Waals surface area contributed by atoms with Gasteiger partial charge in [0.1, 0.15) is 23.8 Å². The van der Waals surface area contributed by atoms with E-state index in [0.29, 0.717) is 0 Å². The molecule has 160 valence electrons. The monoisotopic (exact) mass is 431 g/mol. The van der Waals surface area contributed by atoms with Crippen LogP contribution in [-0.2, 0) is 14.6 Å². The molecule has 30 heavy (non-hydrogen) atoms. The summed E-state index contributed by atoms with van der Waals surface area (Å²) in [6.07, 6.45) is 7.85. The molecule has 2 aromatic rings. The predicted molar refractivity (Wildman–Crippen MR) is 107 cm³/mol. The topological polar surface area (TPSA) is 136 Å². The molecule has 4 rings (SSSR count). The molecular weight excluding hydrogens is 406 g/mol. The second-order valence-corrected chi connectivity index (χ2v) is 10.4. The Morgan fingerprint density at radius 1 is 1.33 bits per heavy atom. The lowest BCUT2D eigenvalue weighted by atomic mass is 9.58. The van der Waals surface area contributed by atoms with E-state index < -0.39 is 9.84 Å². The zero-order chi connectivity index (χ0) is 21.5. The second-order valence-electron chi connectivity index (χ2n) is 8.51. The van der Waals surface area contributed by atoms with Crippen molar-refractivity contribution in [2.24, 2.45) is 5.41 Å². The van der Waals surface area contributed by atoms with Crippen molar-refractivity contribution in [3.05, 3.63) is 23.9 Å². The van der Waals surface area contributed by atoms with Gasteiger partial charge in [0.05, 0.1) is 6.20 Å². The Morgan fingerprint density at radius 2 is 2.13 bits per heavy atom. The van der Waals surface area contributed by atoms with Crippen molar-refractivity contribution in [1.82, 2.24) is 24.7 Å². The molecule has 3 heterocycles. The van der Waals surface area contributed by atoms with E-state index in [1.54, 1.807) is 6.33 Å². The number of rotatable bonds is 5. The summed E-state index contributed by atoms with van der Waals surface area (Å²) in [6, 6.07) is 1.99. The van der Waals surface area contributed by atoms with E-state index in [4.69, 9.17) is 4.74 Å². The number of nitriles is 1. The van der Waals surface area contributed by atoms with Gasteiger partial charge in [0.2, 0.25) is 15.0 Å². The Kier molecular flexibility index (Phi) is 5.23. The molecule has 11 heteroatoms. The van der Waals surface area contributed by atoms with Crippen LogP contribution < -0.4 is 5.32 Å². The van der Waals surface area contributed by atoms with Crippen LogP contribution in [0.1, 0.15) is 63.1 Å². The van der Waals surface area contributed by atoms with Crippen molar-refractivity contribution >= 4 is 15.7 Å². The largest absolute Gasteiger partial charge is 0.366 e. The van der Waals surface area contributed by atoms with Gasteiger partial charge in [-0.1, -0.05) is 13.8 Å². The third-order valence-electron chi connectivity index (χ3n) is 6.09. The highest BCUT2D eigenvalue weighted by Crippen LogP contribution is 2.52. The summed E-state index contributed by atoms with van der Waals surface area (Å²) in [4.78, 5) is 12.4. The van der Waals surface area contributed by atoms with Gasteiger partial charge in [0, 0.05) is 24.8 Å². The smallest absolute Gasteiger partial charge is 0.248 e. The highest BCUT2D eigenvalue weighted by atomic mass is 32.2. The van der Waals surface area contributed by atoms with Crippen LogP contribution in [0.2, 0.25) is 0 Å². The fourth-order valence-electron chi connectivity index (χ4n) is 4.03. The number of ether oxygens (including phenoxy) is 1. The molecule has 1 N–H and O–H groups in total. The van der Waals surface area contributed by atoms with Crippen molar-refractivity contribution < 1.29 is 13.2 Å². The third kappa shape index (κ3) is 3.77. The van der Waals surface area contributed by atoms with Crippen LogP contribution in [-0.4, -0.2) is 52.1 Å². The minimum atomic E-state index is -3.57. The van der Waals surface area contributed by atoms with Gasteiger partial charge in [-0.15, -0.1) is 0 Å². The second kappa shape index (κ2) is 7.59. The SMILES string of the molecule is CC1(C)[C@@H](c2ncn(C3CCCCO3)n2)C[C@H]1Nc1nc(S(C)(=O)=O)ncc1C#N. The number of hydrogen-bond acceptors (Lipinski definition) is 9. The van der Waals surface area contributed by atoms with Crippen LogP contribution in [0.15, 0.2) is 17.7 Å². The fraction of sp³-hybridized carbons (Fsp3) is 0.632. The van der Waals surface area contributed by atoms with E-state index in [1.807, 2.05) is 10.8 Å². The van der Waals surface area contributed by atoms with Crippen molar-refractivity contribution in [2.75, 3.05) is 18.2 Å². The van der Waals surface area contributed by atoms with Crippen molar-refractivity contribution in [3.8, 4) is 6.07 Å². The Balaban J connectivity index is 1.50. The number of aromatic nitrogens is 5. The van der Waals surface area contributed by atoms with Crippen molar-refractivity contribution in [3.63, 3.8) is 0 Å². The number of hydrogen-bond donors (Lipinski definition) is 1. The lowest BCUT2D eigenvalue weighted by Gasteiger charge is -2.51. The predicted octanol–water partition coefficient (Wildman–Crippen LogP) is 2.04. The standard InChI is InChI=1S/C19H25N7O3S/c1-19(2)13(17-22-11-26(25-17)15-6-4-5-7-29-15)8-14(19)23-16-12(9-20)10-21-18(24-16)30(3,27)28/h10-11,13-15H,4-8H2,1-3H3,(H,21,23,24)/t13-,14-,15?/m1/s1. The first-order valence-corrected chi connectivity index (χ1v) is 11.9. The molecule has 1 aliphatic carbocycles. The highest BCUT2D eigenvalue weighted by molar-refractivity contribution is 7.90. The lowest BCUT2D eigenvalue weighted by Crippen LogP contribution is -2.52. The summed E-state index contributed by atoms with van der Waals surface area (Å²) in [6.45, 7) is 4.94. The van der Waals surface area contributed by atoms with Gasteiger partial charge >= 0.3 is 0 Å². The third-order valence-corrected chi connectivity index (χ3v) is 6.95. The summed E-state index contributed by atoms with van der Waals surface area (Å²) in [5.74, 6) is 1.13. The van der Waals surface area contributed by atoms with Crippen LogP contribution in [0.4, 0.5) is 5.82 Å². The minimum Gasteiger partial charge on any atom is -0.366 e. The molecule has 0 spiro atoms. The lowest BCUT2D eigenvalue weighted by molar-refractivity contribution is -0.0402. The number of sulfone groups is 1. The van der Waals surface area contributed by atoms with Gasteiger partial charge in [-0.25, -0.2) is 23.1 Å². The van der Waals surface area contributed by atoms with Crippen LogP contribution in [0.3, 0.4) is 0 Å². The normalized spacial score (nSPS) is 25.9. The maximum absolute atomic E-state index is 11.8. The average molecular weight is 432 g/mol. The molecule has 0 amide bonds. The summed E-state index contributed by atoms with van der Waals surface area (Å²) < 4.78 is 31.2. The van der Waals surface area contributed by atoms with Gasteiger partial charge < -0.3 is 10.1 Å². The first-order chi connectivity index (χ1) is 14.2. The maximum Gasteiger partial charge on any atom is 0.248 e. The summed E-state index contributed by atoms with van der Waals surface area (Å²) in [5, 5.41) is 17.0. The first-order valence-electron chi connectivity index (χ1n) is 9.96. The molecule has 3 atom stereocenters. The molecule has 1 unspecified atom stereocenters. The average Bonchev–Trinajstić information content (AvgIpc) is 3.20. The Hall–Kier alpha value is -2.58. The molecule has 1 saturated carbocycles. The number of anilines is 1. The quantitative estimate of drug-likeness (QED) is 0.705. The molecule has 1 aliphatic heterocycles. The molecule has 2 aromatic heterocycles. The summed E-state index contributed by atoms with van der Waals surface area (Å²) >= 11 is 0. The van der Waals surface area contributed by atoms with Gasteiger partial charge in [0.25, 0.3) is 0 Å². The first kappa shape index (κ1) is 20.7. The molecule has 2 aliphatic rings. The summed E-state index contributed by atoms with van der Waals surface area (Å²) in [5.41, 5.74) is -0.0128. The highest BCUT2D eigenvalue weighted by Gasteiger charge is 2.51. The van der Waals surface area contributed by atoms with Gasteiger partial charge in [-0.3, -0.25) is 0 Å². The van der Waals surface area contributed by atoms with E-state index in [9.17, 15) is 13.7 Å². The number of nitrogens with one attached hydrogen (secondary N) is 1. The van der Waals surface area contributed by atoms with Crippen molar-refractivity contribution in [2.45, 2.75) is 62.9 Å². The van der Waals surface area contributed by atoms with E-state index in [-0.39, 0.29) is 40.1 Å². The fourth-order valence-corrected chi connectivity index (χ4v) is 4.53. The molecule has 0 aromatic carbocycles. The summed E-state index contributed by atoms with van der Waals surface area (Å²) in [7, 11) is -3.57. The number of nitrogens with zero attached hydrogens (tertiary/aromatic N) is 6. The van der Waals surface area contributed by atoms with E-state index >= 15 is 0 Å². The van der Waals surface area contributed by atoms with E-state index in [2.05, 4.69) is 39.2 Å². The van der Waals surface area contributed by atoms with Crippen molar-refractivity contribution in [1.29, 1.82) is 5.26 Å². The Labute approximate surface area is 175 Å². The van der Waals surface area contributed by atoms with Crippen LogP contribution in [0.5, 0.6) is 0 Å². The zero-order valence-corrected chi connectivity index (χ0v) is 18.1. The molecular formula is C19H25N7O3S. The minimum absolute atomic E-state index is 0.0187. The van der Waals surface area contributed by atoms with Gasteiger partial charge in [0.15, 0.2) is 12.1 Å². The van der Waals surface area contributed by atoms with E-state index in [1.165, 1.54) is 6.20 Å². The van der Waals surface area contributed by atoms with Crippen LogP contribution in [0, 0.1) is 16.7 Å². The molecule has 10 nitrogen and oxygen atoms in total. The molecule has 0 bridgehead atoms. The van der Waals surface area contributed by atoms with Gasteiger partial charge in [-0.2, -0.15) is 15.3 Å². The molecule has 2 fully saturated rings. The molecule has 1 saturated heterocycles. The maximum atomic E-state index is 11.8. The Bertz CT molecular complexity index is 1080. The van der Waals surface area contributed by atoms with Crippen LogP contribution >= 0.6 is 0 Å². The molecule has 0 radical (unpaired) electrons. The van der Waals surface area contributed by atoms with Crippen LogP contribution in [0.25, 0.3) is 0 Å².